The van der Waals surface area contributed by atoms with Gasteiger partial charge in [0.25, 0.3) is 0 Å². The van der Waals surface area contributed by atoms with E-state index < -0.39 is 23.6 Å². The third kappa shape index (κ3) is 5.21. The van der Waals surface area contributed by atoms with Crippen LogP contribution in [0.5, 0.6) is 0 Å². The van der Waals surface area contributed by atoms with Crippen molar-refractivity contribution in [2.24, 2.45) is 5.10 Å². The van der Waals surface area contributed by atoms with Crippen molar-refractivity contribution in [2.75, 3.05) is 5.32 Å². The Morgan fingerprint density at radius 1 is 1.00 bits per heavy atom. The van der Waals surface area contributed by atoms with Crippen molar-refractivity contribution >= 4 is 46.9 Å². The molecule has 2 aromatic rings. The van der Waals surface area contributed by atoms with E-state index in [2.05, 4.69) is 5.10 Å². The molecule has 2 amide bonds. The highest BCUT2D eigenvalue weighted by Gasteiger charge is 2.30. The highest BCUT2D eigenvalue weighted by molar-refractivity contribution is 6.40. The summed E-state index contributed by atoms with van der Waals surface area (Å²) in [5.74, 6) is -2.37. The molecule has 0 aromatic heterocycles. The molecule has 0 heterocycles. The van der Waals surface area contributed by atoms with Gasteiger partial charge in [-0.25, -0.2) is 5.43 Å². The van der Waals surface area contributed by atoms with Gasteiger partial charge in [-0.15, -0.1) is 0 Å². The second-order valence-electron chi connectivity index (χ2n) is 4.87. The summed E-state index contributed by atoms with van der Waals surface area (Å²) in [5.41, 5.74) is 1.12. The van der Waals surface area contributed by atoms with E-state index in [0.717, 1.165) is 18.3 Å². The Morgan fingerprint density at radius 2 is 1.62 bits per heavy atom. The molecule has 0 aliphatic carbocycles. The van der Waals surface area contributed by atoms with Crippen LogP contribution in [0.25, 0.3) is 0 Å². The lowest BCUT2D eigenvalue weighted by atomic mass is 10.2. The van der Waals surface area contributed by atoms with Crippen molar-refractivity contribution in [2.45, 2.75) is 6.18 Å². The van der Waals surface area contributed by atoms with Crippen LogP contribution in [0, 0.1) is 0 Å². The first-order valence-corrected chi connectivity index (χ1v) is 7.69. The van der Waals surface area contributed by atoms with E-state index >= 15 is 0 Å². The Kier molecular flexibility index (Phi) is 6.23. The summed E-state index contributed by atoms with van der Waals surface area (Å²) < 4.78 is 37.9. The fraction of sp³-hybridized carbons (Fsp3) is 0.0625. The molecule has 136 valence electrons. The SMILES string of the molecule is O=C(N/N=C/c1c(Cl)cccc1Cl)C(=O)Nc1cccc(C(F)(F)F)c1. The van der Waals surface area contributed by atoms with Gasteiger partial charge in [0.05, 0.1) is 21.8 Å². The lowest BCUT2D eigenvalue weighted by Crippen LogP contribution is -2.32. The molecule has 0 bridgehead atoms. The quantitative estimate of drug-likeness (QED) is 0.460. The maximum absolute atomic E-state index is 12.6. The molecule has 0 saturated heterocycles. The molecular weight excluding hydrogens is 394 g/mol. The Bertz CT molecular complexity index is 850. The molecule has 0 fully saturated rings. The minimum Gasteiger partial charge on any atom is -0.318 e. The number of nitrogens with one attached hydrogen (secondary N) is 2. The van der Waals surface area contributed by atoms with Crippen LogP contribution in [0.1, 0.15) is 11.1 Å². The van der Waals surface area contributed by atoms with Gasteiger partial charge in [0.1, 0.15) is 0 Å². The van der Waals surface area contributed by atoms with E-state index in [-0.39, 0.29) is 15.7 Å². The van der Waals surface area contributed by atoms with Crippen LogP contribution < -0.4 is 10.7 Å². The number of nitrogens with zero attached hydrogens (tertiary/aromatic N) is 1. The molecule has 5 nitrogen and oxygen atoms in total. The summed E-state index contributed by atoms with van der Waals surface area (Å²) in [6, 6.07) is 8.59. The number of carbonyl (C=O) groups is 2. The van der Waals surface area contributed by atoms with Crippen LogP contribution >= 0.6 is 23.2 Å². The van der Waals surface area contributed by atoms with Crippen LogP contribution in [0.4, 0.5) is 18.9 Å². The largest absolute Gasteiger partial charge is 0.416 e. The second-order valence-corrected chi connectivity index (χ2v) is 5.68. The molecule has 0 aliphatic rings. The lowest BCUT2D eigenvalue weighted by molar-refractivity contribution is -0.137. The van der Waals surface area contributed by atoms with E-state index in [1.165, 1.54) is 6.07 Å². The number of hydrogen-bond donors (Lipinski definition) is 2. The number of benzene rings is 2. The van der Waals surface area contributed by atoms with Gasteiger partial charge in [0.2, 0.25) is 0 Å². The number of hydrazone groups is 1. The lowest BCUT2D eigenvalue weighted by Gasteiger charge is -2.09. The predicted octanol–water partition coefficient (Wildman–Crippen LogP) is 4.10. The highest BCUT2D eigenvalue weighted by Crippen LogP contribution is 2.30. The molecule has 0 radical (unpaired) electrons. The molecular formula is C16H10Cl2F3N3O2. The Balaban J connectivity index is 2.00. The number of carbonyl (C=O) groups excluding carboxylic acids is 2. The minimum absolute atomic E-state index is 0.182. The molecule has 0 saturated carbocycles. The molecule has 26 heavy (non-hydrogen) atoms. The van der Waals surface area contributed by atoms with Crippen molar-refractivity contribution in [3.05, 3.63) is 63.6 Å². The molecule has 0 aliphatic heterocycles. The van der Waals surface area contributed by atoms with Crippen LogP contribution in [0.15, 0.2) is 47.6 Å². The van der Waals surface area contributed by atoms with Crippen molar-refractivity contribution in [3.8, 4) is 0 Å². The van der Waals surface area contributed by atoms with Gasteiger partial charge in [-0.3, -0.25) is 9.59 Å². The fourth-order valence-electron chi connectivity index (χ4n) is 1.80. The van der Waals surface area contributed by atoms with Gasteiger partial charge in [-0.1, -0.05) is 35.3 Å². The van der Waals surface area contributed by atoms with E-state index in [4.69, 9.17) is 23.2 Å². The van der Waals surface area contributed by atoms with Crippen LogP contribution in [0.3, 0.4) is 0 Å². The maximum Gasteiger partial charge on any atom is 0.416 e. The van der Waals surface area contributed by atoms with E-state index in [1.54, 1.807) is 18.2 Å². The average Bonchev–Trinajstić information content (AvgIpc) is 2.56. The zero-order valence-corrected chi connectivity index (χ0v) is 14.3. The average molecular weight is 404 g/mol. The first-order valence-electron chi connectivity index (χ1n) is 6.94. The van der Waals surface area contributed by atoms with Crippen LogP contribution in [-0.2, 0) is 15.8 Å². The predicted molar refractivity (Wildman–Crippen MR) is 92.3 cm³/mol. The highest BCUT2D eigenvalue weighted by atomic mass is 35.5. The van der Waals surface area contributed by atoms with Crippen molar-refractivity contribution in [3.63, 3.8) is 0 Å². The van der Waals surface area contributed by atoms with Crippen molar-refractivity contribution in [1.29, 1.82) is 0 Å². The van der Waals surface area contributed by atoms with Crippen LogP contribution in [0.2, 0.25) is 10.0 Å². The smallest absolute Gasteiger partial charge is 0.318 e. The van der Waals surface area contributed by atoms with Crippen LogP contribution in [-0.4, -0.2) is 18.0 Å². The summed E-state index contributed by atoms with van der Waals surface area (Å²) in [6.07, 6.45) is -3.43. The Labute approximate surface area is 155 Å². The second kappa shape index (κ2) is 8.20. The number of alkyl halides is 3. The number of amides is 2. The van der Waals surface area contributed by atoms with E-state index in [1.807, 2.05) is 10.7 Å². The van der Waals surface area contributed by atoms with Gasteiger partial charge in [-0.05, 0) is 30.3 Å². The van der Waals surface area contributed by atoms with E-state index in [0.29, 0.717) is 11.6 Å². The Hall–Kier alpha value is -2.58. The van der Waals surface area contributed by atoms with Gasteiger partial charge < -0.3 is 5.32 Å². The standard InChI is InChI=1S/C16H10Cl2F3N3O2/c17-12-5-2-6-13(18)11(12)8-22-24-15(26)14(25)23-10-4-1-3-9(7-10)16(19,20)21/h1-8H,(H,23,25)(H,24,26)/b22-8+. The maximum atomic E-state index is 12.6. The molecule has 0 atom stereocenters. The molecule has 2 rings (SSSR count). The monoisotopic (exact) mass is 403 g/mol. The molecule has 10 heteroatoms. The van der Waals surface area contributed by atoms with E-state index in [9.17, 15) is 22.8 Å². The third-order valence-corrected chi connectivity index (χ3v) is 3.67. The summed E-state index contributed by atoms with van der Waals surface area (Å²) in [5, 5.41) is 6.16. The first kappa shape index (κ1) is 19.7. The summed E-state index contributed by atoms with van der Waals surface area (Å²) in [4.78, 5) is 23.4. The number of halogens is 5. The zero-order chi connectivity index (χ0) is 19.3. The van der Waals surface area contributed by atoms with Crippen molar-refractivity contribution in [1.82, 2.24) is 5.43 Å². The summed E-state index contributed by atoms with van der Waals surface area (Å²) in [7, 11) is 0. The third-order valence-electron chi connectivity index (χ3n) is 3.01. The number of rotatable bonds is 3. The fourth-order valence-corrected chi connectivity index (χ4v) is 2.30. The molecule has 0 spiro atoms. The zero-order valence-electron chi connectivity index (χ0n) is 12.8. The summed E-state index contributed by atoms with van der Waals surface area (Å²) >= 11 is 11.8. The van der Waals surface area contributed by atoms with Crippen molar-refractivity contribution < 1.29 is 22.8 Å². The topological polar surface area (TPSA) is 70.6 Å². The van der Waals surface area contributed by atoms with Gasteiger partial charge in [0, 0.05) is 11.3 Å². The molecule has 0 unspecified atom stereocenters. The number of anilines is 1. The Morgan fingerprint density at radius 3 is 2.23 bits per heavy atom. The first-order chi connectivity index (χ1) is 12.2. The van der Waals surface area contributed by atoms with Gasteiger partial charge >= 0.3 is 18.0 Å². The summed E-state index contributed by atoms with van der Waals surface area (Å²) in [6.45, 7) is 0. The molecule has 2 aromatic carbocycles. The van der Waals surface area contributed by atoms with Gasteiger partial charge in [0.15, 0.2) is 0 Å². The van der Waals surface area contributed by atoms with Gasteiger partial charge in [-0.2, -0.15) is 18.3 Å². The molecule has 2 N–H and O–H groups in total. The minimum atomic E-state index is -4.57. The normalized spacial score (nSPS) is 11.4. The number of hydrogen-bond acceptors (Lipinski definition) is 3.